The van der Waals surface area contributed by atoms with Crippen molar-refractivity contribution in [3.05, 3.63) is 53.9 Å². The van der Waals surface area contributed by atoms with Gasteiger partial charge in [0.05, 0.1) is 0 Å². The van der Waals surface area contributed by atoms with E-state index in [0.29, 0.717) is 17.6 Å². The van der Waals surface area contributed by atoms with E-state index >= 15 is 0 Å². The molecule has 0 bridgehead atoms. The molecule has 0 saturated heterocycles. The van der Waals surface area contributed by atoms with E-state index in [2.05, 4.69) is 15.1 Å². The van der Waals surface area contributed by atoms with Gasteiger partial charge in [0.15, 0.2) is 11.5 Å². The van der Waals surface area contributed by atoms with Gasteiger partial charge in [-0.05, 0) is 36.8 Å². The molecular formula is C17H13N3O2. The lowest BCUT2D eigenvalue weighted by Gasteiger charge is -1.97. The maximum Gasteiger partial charge on any atom is 0.258 e. The molecule has 2 aromatic carbocycles. The highest BCUT2D eigenvalue weighted by Crippen LogP contribution is 2.26. The summed E-state index contributed by atoms with van der Waals surface area (Å²) < 4.78 is 10.9. The van der Waals surface area contributed by atoms with Crippen LogP contribution in [0.5, 0.6) is 0 Å². The number of benzene rings is 2. The fourth-order valence-corrected chi connectivity index (χ4v) is 2.44. The fraction of sp³-hybridized carbons (Fsp3) is 0.118. The smallest absolute Gasteiger partial charge is 0.258 e. The Hall–Kier alpha value is -2.95. The van der Waals surface area contributed by atoms with E-state index in [1.165, 1.54) is 0 Å². The first-order chi connectivity index (χ1) is 10.7. The molecule has 0 saturated carbocycles. The zero-order chi connectivity index (χ0) is 15.1. The lowest BCUT2D eigenvalue weighted by molar-refractivity contribution is 0.432. The Kier molecular flexibility index (Phi) is 2.79. The maximum absolute atomic E-state index is 5.47. The number of aromatic nitrogens is 3. The zero-order valence-corrected chi connectivity index (χ0v) is 12.2. The van der Waals surface area contributed by atoms with Gasteiger partial charge in [-0.3, -0.25) is 0 Å². The highest BCUT2D eigenvalue weighted by atomic mass is 16.5. The first kappa shape index (κ1) is 12.8. The summed E-state index contributed by atoms with van der Waals surface area (Å²) >= 11 is 0. The quantitative estimate of drug-likeness (QED) is 0.554. The highest BCUT2D eigenvalue weighted by molar-refractivity contribution is 5.78. The molecule has 4 aromatic rings. The monoisotopic (exact) mass is 291 g/mol. The van der Waals surface area contributed by atoms with Crippen LogP contribution in [0.1, 0.15) is 11.5 Å². The first-order valence-electron chi connectivity index (χ1n) is 6.98. The molecule has 0 aliphatic rings. The topological polar surface area (TPSA) is 65.0 Å². The average Bonchev–Trinajstić information content (AvgIpc) is 3.12. The van der Waals surface area contributed by atoms with E-state index in [4.69, 9.17) is 8.94 Å². The Balaban J connectivity index is 1.78. The predicted octanol–water partition coefficient (Wildman–Crippen LogP) is 4.16. The van der Waals surface area contributed by atoms with Gasteiger partial charge in [0.2, 0.25) is 5.82 Å². The molecule has 0 atom stereocenters. The number of oxazole rings is 1. The van der Waals surface area contributed by atoms with Gasteiger partial charge in [-0.2, -0.15) is 4.98 Å². The molecule has 0 aliphatic carbocycles. The average molecular weight is 291 g/mol. The van der Waals surface area contributed by atoms with Crippen molar-refractivity contribution in [2.24, 2.45) is 0 Å². The molecule has 108 valence electrons. The zero-order valence-electron chi connectivity index (χ0n) is 12.2. The van der Waals surface area contributed by atoms with E-state index in [9.17, 15) is 0 Å². The molecule has 0 spiro atoms. The van der Waals surface area contributed by atoms with Gasteiger partial charge in [0.25, 0.3) is 5.89 Å². The molecular weight excluding hydrogens is 278 g/mol. The van der Waals surface area contributed by atoms with Crippen molar-refractivity contribution in [3.63, 3.8) is 0 Å². The van der Waals surface area contributed by atoms with Crippen LogP contribution in [0.15, 0.2) is 51.4 Å². The fourth-order valence-electron chi connectivity index (χ4n) is 2.44. The number of rotatable bonds is 2. The van der Waals surface area contributed by atoms with E-state index in [1.807, 2.05) is 56.3 Å². The first-order valence-corrected chi connectivity index (χ1v) is 6.98. The molecule has 0 radical (unpaired) electrons. The SMILES string of the molecule is Cc1nc2cc(-c3noc(-c4ccccc4C)n3)ccc2o1. The van der Waals surface area contributed by atoms with Crippen molar-refractivity contribution in [1.29, 1.82) is 0 Å². The predicted molar refractivity (Wildman–Crippen MR) is 82.2 cm³/mol. The van der Waals surface area contributed by atoms with E-state index in [1.54, 1.807) is 0 Å². The van der Waals surface area contributed by atoms with Crippen LogP contribution in [0.25, 0.3) is 33.9 Å². The van der Waals surface area contributed by atoms with Crippen LogP contribution in [0, 0.1) is 13.8 Å². The van der Waals surface area contributed by atoms with E-state index in [0.717, 1.165) is 27.8 Å². The van der Waals surface area contributed by atoms with Crippen LogP contribution in [-0.2, 0) is 0 Å². The minimum absolute atomic E-state index is 0.518. The van der Waals surface area contributed by atoms with Crippen molar-refractivity contribution in [1.82, 2.24) is 15.1 Å². The normalized spacial score (nSPS) is 11.2. The summed E-state index contributed by atoms with van der Waals surface area (Å²) in [6.45, 7) is 3.84. The Morgan fingerprint density at radius 1 is 0.955 bits per heavy atom. The van der Waals surface area contributed by atoms with Crippen molar-refractivity contribution >= 4 is 11.1 Å². The summed E-state index contributed by atoms with van der Waals surface area (Å²) in [5, 5.41) is 4.07. The summed E-state index contributed by atoms with van der Waals surface area (Å²) in [4.78, 5) is 8.81. The second-order valence-electron chi connectivity index (χ2n) is 5.15. The Morgan fingerprint density at radius 2 is 1.82 bits per heavy atom. The summed E-state index contributed by atoms with van der Waals surface area (Å²) in [7, 11) is 0. The molecule has 2 heterocycles. The minimum atomic E-state index is 0.518. The molecule has 5 heteroatoms. The molecule has 0 fully saturated rings. The molecule has 0 unspecified atom stereocenters. The van der Waals surface area contributed by atoms with Crippen molar-refractivity contribution in [2.75, 3.05) is 0 Å². The summed E-state index contributed by atoms with van der Waals surface area (Å²) in [5.74, 6) is 1.70. The van der Waals surface area contributed by atoms with Crippen molar-refractivity contribution < 1.29 is 8.94 Å². The van der Waals surface area contributed by atoms with Gasteiger partial charge in [-0.25, -0.2) is 4.98 Å². The second-order valence-corrected chi connectivity index (χ2v) is 5.15. The minimum Gasteiger partial charge on any atom is -0.441 e. The molecule has 5 nitrogen and oxygen atoms in total. The Morgan fingerprint density at radius 3 is 2.68 bits per heavy atom. The highest BCUT2D eigenvalue weighted by Gasteiger charge is 2.13. The van der Waals surface area contributed by atoms with E-state index in [-0.39, 0.29) is 0 Å². The van der Waals surface area contributed by atoms with Crippen LogP contribution in [0.2, 0.25) is 0 Å². The van der Waals surface area contributed by atoms with Gasteiger partial charge < -0.3 is 8.94 Å². The van der Waals surface area contributed by atoms with Gasteiger partial charge in [0.1, 0.15) is 5.52 Å². The largest absolute Gasteiger partial charge is 0.441 e. The third kappa shape index (κ3) is 2.07. The Labute approximate surface area is 126 Å². The number of aryl methyl sites for hydroxylation is 2. The lowest BCUT2D eigenvalue weighted by Crippen LogP contribution is -1.84. The number of hydrogen-bond acceptors (Lipinski definition) is 5. The molecule has 2 aromatic heterocycles. The van der Waals surface area contributed by atoms with Crippen LogP contribution < -0.4 is 0 Å². The third-order valence-electron chi connectivity index (χ3n) is 3.55. The molecule has 0 N–H and O–H groups in total. The van der Waals surface area contributed by atoms with Crippen LogP contribution in [-0.4, -0.2) is 15.1 Å². The third-order valence-corrected chi connectivity index (χ3v) is 3.55. The lowest BCUT2D eigenvalue weighted by atomic mass is 10.1. The van der Waals surface area contributed by atoms with Crippen molar-refractivity contribution in [3.8, 4) is 22.8 Å². The van der Waals surface area contributed by atoms with Gasteiger partial charge >= 0.3 is 0 Å². The van der Waals surface area contributed by atoms with Crippen LogP contribution >= 0.6 is 0 Å². The molecule has 0 amide bonds. The van der Waals surface area contributed by atoms with Crippen LogP contribution in [0.4, 0.5) is 0 Å². The van der Waals surface area contributed by atoms with Gasteiger partial charge in [0, 0.05) is 18.1 Å². The summed E-state index contributed by atoms with van der Waals surface area (Å²) in [6, 6.07) is 13.6. The standard InChI is InChI=1S/C17H13N3O2/c1-10-5-3-4-6-13(10)17-19-16(20-22-17)12-7-8-15-14(9-12)18-11(2)21-15/h3-9H,1-2H3. The molecule has 0 aliphatic heterocycles. The number of nitrogens with zero attached hydrogens (tertiary/aromatic N) is 3. The molecule has 22 heavy (non-hydrogen) atoms. The van der Waals surface area contributed by atoms with Crippen LogP contribution in [0.3, 0.4) is 0 Å². The van der Waals surface area contributed by atoms with E-state index < -0.39 is 0 Å². The summed E-state index contributed by atoms with van der Waals surface area (Å²) in [5.41, 5.74) is 4.44. The second kappa shape index (κ2) is 4.80. The van der Waals surface area contributed by atoms with Gasteiger partial charge in [-0.15, -0.1) is 0 Å². The van der Waals surface area contributed by atoms with Crippen molar-refractivity contribution in [2.45, 2.75) is 13.8 Å². The molecule has 4 rings (SSSR count). The maximum atomic E-state index is 5.47. The van der Waals surface area contributed by atoms with Gasteiger partial charge in [-0.1, -0.05) is 23.4 Å². The summed E-state index contributed by atoms with van der Waals surface area (Å²) in [6.07, 6.45) is 0. The number of hydrogen-bond donors (Lipinski definition) is 0. The number of fused-ring (bicyclic) bond motifs is 1. The Bertz CT molecular complexity index is 969.